The second-order valence-corrected chi connectivity index (χ2v) is 6.38. The molecule has 0 saturated heterocycles. The molecule has 0 saturated carbocycles. The summed E-state index contributed by atoms with van der Waals surface area (Å²) in [4.78, 5) is 12.2. The van der Waals surface area contributed by atoms with Gasteiger partial charge in [0.15, 0.2) is 0 Å². The van der Waals surface area contributed by atoms with Crippen LogP contribution < -0.4 is 0 Å². The highest BCUT2D eigenvalue weighted by Crippen LogP contribution is 2.36. The summed E-state index contributed by atoms with van der Waals surface area (Å²) in [5, 5.41) is 11.9. The van der Waals surface area contributed by atoms with Gasteiger partial charge in [-0.15, -0.1) is 0 Å². The molecule has 0 spiro atoms. The van der Waals surface area contributed by atoms with Crippen molar-refractivity contribution in [2.45, 2.75) is 20.5 Å². The van der Waals surface area contributed by atoms with E-state index in [0.717, 1.165) is 20.9 Å². The molecule has 0 unspecified atom stereocenters. The van der Waals surface area contributed by atoms with E-state index in [1.165, 1.54) is 30.0 Å². The zero-order valence-electron chi connectivity index (χ0n) is 10.7. The van der Waals surface area contributed by atoms with Crippen molar-refractivity contribution in [3.05, 3.63) is 63.5 Å². The average molecular weight is 435 g/mol. The van der Waals surface area contributed by atoms with Crippen LogP contribution in [0.1, 0.15) is 11.1 Å². The molecule has 0 atom stereocenters. The van der Waals surface area contributed by atoms with Gasteiger partial charge in [0.1, 0.15) is 5.82 Å². The molecule has 2 aromatic rings. The standard InChI is InChI=1S/C14H10Br2FNO2S/c15-7-9-5-11(17)1-3-13(9)21-14-4-2-12(18(19)20)6-10(14)8-16/h1-6H,7-8H2. The van der Waals surface area contributed by atoms with Gasteiger partial charge >= 0.3 is 0 Å². The predicted octanol–water partition coefficient (Wildman–Crippen LogP) is 5.67. The molecule has 0 aliphatic rings. The van der Waals surface area contributed by atoms with Gasteiger partial charge in [-0.05, 0) is 35.4 Å². The van der Waals surface area contributed by atoms with Crippen LogP contribution in [0.25, 0.3) is 0 Å². The zero-order valence-corrected chi connectivity index (χ0v) is 14.7. The van der Waals surface area contributed by atoms with Gasteiger partial charge in [-0.1, -0.05) is 43.6 Å². The molecule has 7 heteroatoms. The van der Waals surface area contributed by atoms with Crippen molar-refractivity contribution in [3.63, 3.8) is 0 Å². The maximum atomic E-state index is 13.2. The smallest absolute Gasteiger partial charge is 0.258 e. The van der Waals surface area contributed by atoms with Gasteiger partial charge < -0.3 is 0 Å². The second kappa shape index (κ2) is 7.38. The number of benzene rings is 2. The molecule has 0 N–H and O–H groups in total. The normalized spacial score (nSPS) is 10.6. The molecular weight excluding hydrogens is 425 g/mol. The zero-order chi connectivity index (χ0) is 15.4. The molecule has 3 nitrogen and oxygen atoms in total. The Kier molecular flexibility index (Phi) is 5.78. The lowest BCUT2D eigenvalue weighted by Crippen LogP contribution is -1.92. The Bertz CT molecular complexity index is 682. The Balaban J connectivity index is 2.37. The van der Waals surface area contributed by atoms with Crippen molar-refractivity contribution >= 4 is 49.3 Å². The first kappa shape index (κ1) is 16.5. The minimum atomic E-state index is -0.414. The molecule has 0 aliphatic heterocycles. The number of hydrogen-bond donors (Lipinski definition) is 0. The predicted molar refractivity (Wildman–Crippen MR) is 88.9 cm³/mol. The van der Waals surface area contributed by atoms with Gasteiger partial charge in [-0.3, -0.25) is 10.1 Å². The topological polar surface area (TPSA) is 43.1 Å². The van der Waals surface area contributed by atoms with Crippen LogP contribution in [0, 0.1) is 15.9 Å². The molecule has 0 amide bonds. The maximum absolute atomic E-state index is 13.2. The minimum Gasteiger partial charge on any atom is -0.258 e. The molecule has 21 heavy (non-hydrogen) atoms. The fourth-order valence-electron chi connectivity index (χ4n) is 1.75. The molecule has 0 aromatic heterocycles. The van der Waals surface area contributed by atoms with Crippen LogP contribution >= 0.6 is 43.6 Å². The van der Waals surface area contributed by atoms with Crippen LogP contribution in [0.15, 0.2) is 46.2 Å². The molecule has 2 aromatic carbocycles. The summed E-state index contributed by atoms with van der Waals surface area (Å²) < 4.78 is 13.2. The summed E-state index contributed by atoms with van der Waals surface area (Å²) in [6.45, 7) is 0. The van der Waals surface area contributed by atoms with E-state index in [9.17, 15) is 14.5 Å². The summed E-state index contributed by atoms with van der Waals surface area (Å²) in [6, 6.07) is 9.36. The van der Waals surface area contributed by atoms with Crippen LogP contribution in [0.5, 0.6) is 0 Å². The number of rotatable bonds is 5. The Labute approximate surface area is 142 Å². The van der Waals surface area contributed by atoms with Gasteiger partial charge in [0, 0.05) is 32.6 Å². The van der Waals surface area contributed by atoms with Gasteiger partial charge in [0.2, 0.25) is 0 Å². The van der Waals surface area contributed by atoms with E-state index >= 15 is 0 Å². The molecule has 0 aliphatic carbocycles. The quantitative estimate of drug-likeness (QED) is 0.345. The number of nitrogens with zero attached hydrogens (tertiary/aromatic N) is 1. The lowest BCUT2D eigenvalue weighted by Gasteiger charge is -2.10. The minimum absolute atomic E-state index is 0.0635. The Hall–Kier alpha value is -0.920. The number of non-ortho nitro benzene ring substituents is 1. The molecule has 0 fully saturated rings. The third-order valence-electron chi connectivity index (χ3n) is 2.79. The van der Waals surface area contributed by atoms with E-state index in [1.54, 1.807) is 18.2 Å². The summed E-state index contributed by atoms with van der Waals surface area (Å²) >= 11 is 8.16. The third kappa shape index (κ3) is 4.05. The van der Waals surface area contributed by atoms with Gasteiger partial charge in [0.05, 0.1) is 4.92 Å². The molecule has 0 bridgehead atoms. The van der Waals surface area contributed by atoms with E-state index in [-0.39, 0.29) is 11.5 Å². The average Bonchev–Trinajstić information content (AvgIpc) is 2.49. The monoisotopic (exact) mass is 433 g/mol. The van der Waals surface area contributed by atoms with Crippen molar-refractivity contribution in [1.29, 1.82) is 0 Å². The Morgan fingerprint density at radius 3 is 2.19 bits per heavy atom. The lowest BCUT2D eigenvalue weighted by molar-refractivity contribution is -0.385. The second-order valence-electron chi connectivity index (χ2n) is 4.17. The highest BCUT2D eigenvalue weighted by molar-refractivity contribution is 9.08. The first-order valence-corrected chi connectivity index (χ1v) is 8.96. The van der Waals surface area contributed by atoms with Gasteiger partial charge in [-0.2, -0.15) is 0 Å². The van der Waals surface area contributed by atoms with E-state index in [2.05, 4.69) is 31.9 Å². The largest absolute Gasteiger partial charge is 0.269 e. The Morgan fingerprint density at radius 2 is 1.62 bits per heavy atom. The number of nitro benzene ring substituents is 1. The van der Waals surface area contributed by atoms with E-state index in [1.807, 2.05) is 0 Å². The summed E-state index contributed by atoms with van der Waals surface area (Å²) in [7, 11) is 0. The van der Waals surface area contributed by atoms with Gasteiger partial charge in [0.25, 0.3) is 5.69 Å². The fraction of sp³-hybridized carbons (Fsp3) is 0.143. The van der Waals surface area contributed by atoms with Crippen LogP contribution in [0.4, 0.5) is 10.1 Å². The summed E-state index contributed by atoms with van der Waals surface area (Å²) in [5.74, 6) is -0.279. The SMILES string of the molecule is O=[N+]([O-])c1ccc(Sc2ccc(F)cc2CBr)c(CBr)c1. The number of halogens is 3. The van der Waals surface area contributed by atoms with Crippen molar-refractivity contribution < 1.29 is 9.31 Å². The number of hydrogen-bond acceptors (Lipinski definition) is 3. The van der Waals surface area contributed by atoms with E-state index in [0.29, 0.717) is 10.7 Å². The van der Waals surface area contributed by atoms with E-state index < -0.39 is 4.92 Å². The maximum Gasteiger partial charge on any atom is 0.269 e. The molecule has 0 heterocycles. The van der Waals surface area contributed by atoms with Gasteiger partial charge in [-0.25, -0.2) is 4.39 Å². The molecule has 0 radical (unpaired) electrons. The van der Waals surface area contributed by atoms with Crippen molar-refractivity contribution in [1.82, 2.24) is 0 Å². The first-order valence-electron chi connectivity index (χ1n) is 5.90. The Morgan fingerprint density at radius 1 is 1.05 bits per heavy atom. The van der Waals surface area contributed by atoms with Crippen LogP contribution in [0.2, 0.25) is 0 Å². The molecular formula is C14H10Br2FNO2S. The van der Waals surface area contributed by atoms with E-state index in [4.69, 9.17) is 0 Å². The molecule has 2 rings (SSSR count). The van der Waals surface area contributed by atoms with Crippen LogP contribution in [-0.4, -0.2) is 4.92 Å². The lowest BCUT2D eigenvalue weighted by atomic mass is 10.2. The highest BCUT2D eigenvalue weighted by atomic mass is 79.9. The van der Waals surface area contributed by atoms with Crippen molar-refractivity contribution in [2.24, 2.45) is 0 Å². The highest BCUT2D eigenvalue weighted by Gasteiger charge is 2.13. The summed E-state index contributed by atoms with van der Waals surface area (Å²) in [5.41, 5.74) is 1.74. The first-order chi connectivity index (χ1) is 10.0. The number of alkyl halides is 2. The number of nitro groups is 1. The van der Waals surface area contributed by atoms with Crippen molar-refractivity contribution in [2.75, 3.05) is 0 Å². The summed E-state index contributed by atoms with van der Waals surface area (Å²) in [6.07, 6.45) is 0. The fourth-order valence-corrected chi connectivity index (χ4v) is 4.09. The molecule has 110 valence electrons. The van der Waals surface area contributed by atoms with Crippen LogP contribution in [0.3, 0.4) is 0 Å². The third-order valence-corrected chi connectivity index (χ3v) is 5.23. The van der Waals surface area contributed by atoms with Crippen LogP contribution in [-0.2, 0) is 10.7 Å². The van der Waals surface area contributed by atoms with Crippen molar-refractivity contribution in [3.8, 4) is 0 Å².